The molecule has 0 spiro atoms. The minimum atomic E-state index is -0.145. The van der Waals surface area contributed by atoms with Gasteiger partial charge in [-0.3, -0.25) is 4.99 Å². The summed E-state index contributed by atoms with van der Waals surface area (Å²) in [6, 6.07) is 2.12. The van der Waals surface area contributed by atoms with Gasteiger partial charge in [-0.05, 0) is 41.8 Å². The summed E-state index contributed by atoms with van der Waals surface area (Å²) >= 11 is 3.52. The van der Waals surface area contributed by atoms with Crippen LogP contribution in [0.2, 0.25) is 0 Å². The average Bonchev–Trinajstić information content (AvgIpc) is 2.89. The number of aliphatic hydroxyl groups is 1. The second-order valence-corrected chi connectivity index (χ2v) is 7.47. The van der Waals surface area contributed by atoms with E-state index in [9.17, 15) is 5.11 Å². The molecule has 0 bridgehead atoms. The Bertz CT molecular complexity index is 559. The summed E-state index contributed by atoms with van der Waals surface area (Å²) in [6.45, 7) is 5.85. The third-order valence-electron chi connectivity index (χ3n) is 4.62. The van der Waals surface area contributed by atoms with Gasteiger partial charge in [0.05, 0.1) is 19.7 Å². The standard InChI is InChI=1S/C17H29BrN4O2.HI/c1-4-19-16(20-12-17(13-23)5-7-24-8-6-17)22(3)11-15-9-14(18)10-21(15)2;/h9-10,23H,4-8,11-13H2,1-3H3,(H,19,20);1H. The summed E-state index contributed by atoms with van der Waals surface area (Å²) in [4.78, 5) is 6.93. The van der Waals surface area contributed by atoms with Crippen LogP contribution < -0.4 is 5.32 Å². The van der Waals surface area contributed by atoms with Crippen molar-refractivity contribution in [2.24, 2.45) is 17.5 Å². The molecule has 1 fully saturated rings. The molecule has 0 atom stereocenters. The first-order chi connectivity index (χ1) is 11.5. The Morgan fingerprint density at radius 2 is 2.16 bits per heavy atom. The Morgan fingerprint density at radius 1 is 1.48 bits per heavy atom. The summed E-state index contributed by atoms with van der Waals surface area (Å²) in [7, 11) is 4.08. The number of aliphatic imine (C=N–C) groups is 1. The van der Waals surface area contributed by atoms with Crippen LogP contribution in [0.4, 0.5) is 0 Å². The maximum absolute atomic E-state index is 9.83. The zero-order chi connectivity index (χ0) is 17.6. The van der Waals surface area contributed by atoms with E-state index >= 15 is 0 Å². The highest BCUT2D eigenvalue weighted by Crippen LogP contribution is 2.30. The van der Waals surface area contributed by atoms with Gasteiger partial charge in [-0.2, -0.15) is 0 Å². The fraction of sp³-hybridized carbons (Fsp3) is 0.706. The summed E-state index contributed by atoms with van der Waals surface area (Å²) in [5.74, 6) is 0.870. The van der Waals surface area contributed by atoms with E-state index in [0.717, 1.165) is 36.4 Å². The highest BCUT2D eigenvalue weighted by atomic mass is 127. The first kappa shape index (κ1) is 22.7. The van der Waals surface area contributed by atoms with Gasteiger partial charge in [0.15, 0.2) is 5.96 Å². The van der Waals surface area contributed by atoms with Crippen molar-refractivity contribution < 1.29 is 9.84 Å². The second-order valence-electron chi connectivity index (χ2n) is 6.56. The van der Waals surface area contributed by atoms with Crippen LogP contribution in [0.3, 0.4) is 0 Å². The molecule has 2 heterocycles. The van der Waals surface area contributed by atoms with Crippen molar-refractivity contribution >= 4 is 45.9 Å². The van der Waals surface area contributed by atoms with Crippen LogP contribution >= 0.6 is 39.9 Å². The molecular weight excluding hydrogens is 499 g/mol. The van der Waals surface area contributed by atoms with Gasteiger partial charge >= 0.3 is 0 Å². The number of aliphatic hydroxyl groups excluding tert-OH is 1. The molecule has 0 unspecified atom stereocenters. The van der Waals surface area contributed by atoms with Gasteiger partial charge in [0.1, 0.15) is 0 Å². The third-order valence-corrected chi connectivity index (χ3v) is 5.06. The minimum Gasteiger partial charge on any atom is -0.396 e. The Balaban J connectivity index is 0.00000312. The largest absolute Gasteiger partial charge is 0.396 e. The molecular formula is C17H30BrIN4O2. The monoisotopic (exact) mass is 528 g/mol. The van der Waals surface area contributed by atoms with E-state index < -0.39 is 0 Å². The molecule has 25 heavy (non-hydrogen) atoms. The van der Waals surface area contributed by atoms with Crippen LogP contribution in [-0.4, -0.2) is 60.5 Å². The molecule has 0 saturated carbocycles. The third kappa shape index (κ3) is 6.41. The van der Waals surface area contributed by atoms with E-state index in [4.69, 9.17) is 9.73 Å². The van der Waals surface area contributed by atoms with Gasteiger partial charge in [0.25, 0.3) is 0 Å². The highest BCUT2D eigenvalue weighted by molar-refractivity contribution is 14.0. The molecule has 144 valence electrons. The molecule has 1 aliphatic rings. The number of hydrogen-bond donors (Lipinski definition) is 2. The lowest BCUT2D eigenvalue weighted by atomic mass is 9.81. The maximum Gasteiger partial charge on any atom is 0.194 e. The van der Waals surface area contributed by atoms with Gasteiger partial charge < -0.3 is 24.6 Å². The lowest BCUT2D eigenvalue weighted by molar-refractivity contribution is -0.0107. The summed E-state index contributed by atoms with van der Waals surface area (Å²) in [6.07, 6.45) is 3.78. The van der Waals surface area contributed by atoms with Gasteiger partial charge in [-0.1, -0.05) is 0 Å². The molecule has 0 aromatic carbocycles. The van der Waals surface area contributed by atoms with Gasteiger partial charge in [0, 0.05) is 55.6 Å². The minimum absolute atomic E-state index is 0. The van der Waals surface area contributed by atoms with E-state index in [-0.39, 0.29) is 36.0 Å². The molecule has 1 aliphatic heterocycles. The molecule has 0 aliphatic carbocycles. The van der Waals surface area contributed by atoms with Crippen molar-refractivity contribution in [3.8, 4) is 0 Å². The summed E-state index contributed by atoms with van der Waals surface area (Å²) in [5, 5.41) is 13.2. The molecule has 8 heteroatoms. The molecule has 1 aromatic rings. The van der Waals surface area contributed by atoms with Gasteiger partial charge in [-0.15, -0.1) is 24.0 Å². The number of ether oxygens (including phenoxy) is 1. The highest BCUT2D eigenvalue weighted by Gasteiger charge is 2.32. The number of halogens is 2. The smallest absolute Gasteiger partial charge is 0.194 e. The predicted molar refractivity (Wildman–Crippen MR) is 116 cm³/mol. The van der Waals surface area contributed by atoms with Crippen molar-refractivity contribution in [1.82, 2.24) is 14.8 Å². The number of nitrogens with one attached hydrogen (secondary N) is 1. The number of guanidine groups is 1. The molecule has 2 rings (SSSR count). The number of aromatic nitrogens is 1. The Kier molecular flexibility index (Phi) is 9.76. The van der Waals surface area contributed by atoms with E-state index in [1.165, 1.54) is 5.69 Å². The Labute approximate surface area is 176 Å². The topological polar surface area (TPSA) is 62.0 Å². The van der Waals surface area contributed by atoms with Gasteiger partial charge in [0.2, 0.25) is 0 Å². The van der Waals surface area contributed by atoms with E-state index in [1.54, 1.807) is 0 Å². The zero-order valence-corrected chi connectivity index (χ0v) is 19.2. The summed E-state index contributed by atoms with van der Waals surface area (Å²) < 4.78 is 8.62. The summed E-state index contributed by atoms with van der Waals surface area (Å²) in [5.41, 5.74) is 1.06. The average molecular weight is 529 g/mol. The maximum atomic E-state index is 9.83. The fourth-order valence-electron chi connectivity index (χ4n) is 2.92. The van der Waals surface area contributed by atoms with Gasteiger partial charge in [-0.25, -0.2) is 0 Å². The fourth-order valence-corrected chi connectivity index (χ4v) is 3.50. The van der Waals surface area contributed by atoms with Crippen LogP contribution in [0.1, 0.15) is 25.5 Å². The lowest BCUT2D eigenvalue weighted by Crippen LogP contribution is -2.41. The second kappa shape index (κ2) is 10.7. The van der Waals surface area contributed by atoms with Crippen molar-refractivity contribution in [2.45, 2.75) is 26.3 Å². The van der Waals surface area contributed by atoms with Crippen molar-refractivity contribution in [3.05, 3.63) is 22.4 Å². The zero-order valence-electron chi connectivity index (χ0n) is 15.3. The quantitative estimate of drug-likeness (QED) is 0.338. The van der Waals surface area contributed by atoms with Crippen LogP contribution in [0.5, 0.6) is 0 Å². The van der Waals surface area contributed by atoms with Crippen LogP contribution in [0.25, 0.3) is 0 Å². The van der Waals surface area contributed by atoms with Crippen LogP contribution in [0.15, 0.2) is 21.7 Å². The lowest BCUT2D eigenvalue weighted by Gasteiger charge is -2.34. The van der Waals surface area contributed by atoms with Crippen molar-refractivity contribution in [3.63, 3.8) is 0 Å². The van der Waals surface area contributed by atoms with E-state index in [0.29, 0.717) is 19.8 Å². The molecule has 6 nitrogen and oxygen atoms in total. The Hall–Kier alpha value is -0.320. The number of nitrogens with zero attached hydrogens (tertiary/aromatic N) is 3. The van der Waals surface area contributed by atoms with E-state index in [2.05, 4.69) is 49.9 Å². The number of aryl methyl sites for hydroxylation is 1. The van der Waals surface area contributed by atoms with Crippen LogP contribution in [0, 0.1) is 5.41 Å². The number of rotatable bonds is 6. The number of hydrogen-bond acceptors (Lipinski definition) is 3. The molecule has 1 aromatic heterocycles. The predicted octanol–water partition coefficient (Wildman–Crippen LogP) is 2.59. The Morgan fingerprint density at radius 3 is 2.68 bits per heavy atom. The first-order valence-electron chi connectivity index (χ1n) is 8.48. The first-order valence-corrected chi connectivity index (χ1v) is 9.28. The molecule has 2 N–H and O–H groups in total. The van der Waals surface area contributed by atoms with Crippen molar-refractivity contribution in [2.75, 3.05) is 40.0 Å². The molecule has 0 radical (unpaired) electrons. The SMILES string of the molecule is CCNC(=NCC1(CO)CCOCC1)N(C)Cc1cc(Br)cn1C.I. The van der Waals surface area contributed by atoms with Crippen LogP contribution in [-0.2, 0) is 18.3 Å². The van der Waals surface area contributed by atoms with Crippen molar-refractivity contribution in [1.29, 1.82) is 0 Å². The molecule has 0 amide bonds. The molecule has 1 saturated heterocycles. The normalized spacial score (nSPS) is 17.1. The van der Waals surface area contributed by atoms with E-state index in [1.807, 2.05) is 14.1 Å².